The van der Waals surface area contributed by atoms with Gasteiger partial charge in [-0.3, -0.25) is 4.90 Å². The Bertz CT molecular complexity index is 883. The van der Waals surface area contributed by atoms with Crippen LogP contribution in [0.5, 0.6) is 0 Å². The van der Waals surface area contributed by atoms with Crippen molar-refractivity contribution in [3.05, 3.63) is 58.8 Å². The first-order chi connectivity index (χ1) is 12.2. The van der Waals surface area contributed by atoms with Crippen molar-refractivity contribution >= 4 is 0 Å². The summed E-state index contributed by atoms with van der Waals surface area (Å²) in [5, 5.41) is 16.9. The number of aromatic nitrogens is 5. The molecular weight excluding hydrogens is 316 g/mol. The van der Waals surface area contributed by atoms with Crippen molar-refractivity contribution in [1.29, 1.82) is 0 Å². The summed E-state index contributed by atoms with van der Waals surface area (Å²) in [6.45, 7) is 5.51. The van der Waals surface area contributed by atoms with E-state index >= 15 is 0 Å². The average Bonchev–Trinajstić information content (AvgIpc) is 3.23. The van der Waals surface area contributed by atoms with Crippen LogP contribution < -0.4 is 0 Å². The molecule has 0 bridgehead atoms. The Labute approximate surface area is 146 Å². The predicted octanol–water partition coefficient (Wildman–Crippen LogP) is 2.37. The van der Waals surface area contributed by atoms with Gasteiger partial charge in [-0.1, -0.05) is 31.2 Å². The van der Waals surface area contributed by atoms with E-state index < -0.39 is 0 Å². The summed E-state index contributed by atoms with van der Waals surface area (Å²) in [4.78, 5) is 2.35. The van der Waals surface area contributed by atoms with Crippen LogP contribution >= 0.6 is 0 Å². The first-order valence-corrected chi connectivity index (χ1v) is 8.63. The standard InChI is InChI=1S/C18H22N6O/c1-4-17-21-22-18(25-17)15-9-13-7-5-6-8-14(13)10-24(15)11-16-20-19-12(2)23(16)3/h5-8,15H,4,9-11H2,1-3H3/t15-/m0/s1. The van der Waals surface area contributed by atoms with Gasteiger partial charge in [0, 0.05) is 20.0 Å². The number of benzene rings is 1. The summed E-state index contributed by atoms with van der Waals surface area (Å²) in [5.41, 5.74) is 2.68. The van der Waals surface area contributed by atoms with Crippen molar-refractivity contribution in [1.82, 2.24) is 29.9 Å². The second-order valence-corrected chi connectivity index (χ2v) is 6.50. The first-order valence-electron chi connectivity index (χ1n) is 8.63. The van der Waals surface area contributed by atoms with Gasteiger partial charge in [-0.25, -0.2) is 0 Å². The van der Waals surface area contributed by atoms with E-state index in [0.717, 1.165) is 31.0 Å². The van der Waals surface area contributed by atoms with Gasteiger partial charge in [0.05, 0.1) is 12.6 Å². The third-order valence-corrected chi connectivity index (χ3v) is 4.94. The lowest BCUT2D eigenvalue weighted by Crippen LogP contribution is -2.34. The topological polar surface area (TPSA) is 72.9 Å². The molecule has 0 unspecified atom stereocenters. The maximum absolute atomic E-state index is 5.88. The van der Waals surface area contributed by atoms with E-state index in [4.69, 9.17) is 4.42 Å². The molecule has 1 atom stereocenters. The third kappa shape index (κ3) is 2.95. The molecule has 3 heterocycles. The molecule has 0 radical (unpaired) electrons. The molecule has 1 aliphatic heterocycles. The van der Waals surface area contributed by atoms with E-state index in [0.29, 0.717) is 18.3 Å². The summed E-state index contributed by atoms with van der Waals surface area (Å²) >= 11 is 0. The lowest BCUT2D eigenvalue weighted by atomic mass is 9.94. The van der Waals surface area contributed by atoms with Crippen LogP contribution in [0.25, 0.3) is 0 Å². The molecule has 0 N–H and O–H groups in total. The maximum atomic E-state index is 5.88. The predicted molar refractivity (Wildman–Crippen MR) is 91.6 cm³/mol. The smallest absolute Gasteiger partial charge is 0.233 e. The van der Waals surface area contributed by atoms with E-state index in [1.165, 1.54) is 11.1 Å². The van der Waals surface area contributed by atoms with Gasteiger partial charge >= 0.3 is 0 Å². The molecule has 3 aromatic rings. The van der Waals surface area contributed by atoms with Gasteiger partial charge in [0.15, 0.2) is 0 Å². The third-order valence-electron chi connectivity index (χ3n) is 4.94. The largest absolute Gasteiger partial charge is 0.424 e. The zero-order chi connectivity index (χ0) is 17.4. The zero-order valence-corrected chi connectivity index (χ0v) is 14.8. The molecule has 1 aliphatic rings. The van der Waals surface area contributed by atoms with E-state index in [1.54, 1.807) is 0 Å². The second-order valence-electron chi connectivity index (χ2n) is 6.50. The summed E-state index contributed by atoms with van der Waals surface area (Å²) in [5.74, 6) is 3.22. The molecule has 2 aromatic heterocycles. The highest BCUT2D eigenvalue weighted by Crippen LogP contribution is 2.33. The number of hydrogen-bond donors (Lipinski definition) is 0. The van der Waals surface area contributed by atoms with E-state index in [9.17, 15) is 0 Å². The van der Waals surface area contributed by atoms with Crippen LogP contribution in [0.3, 0.4) is 0 Å². The Kier molecular flexibility index (Phi) is 4.09. The normalized spacial score (nSPS) is 17.6. The molecule has 0 aliphatic carbocycles. The molecular formula is C18H22N6O. The lowest BCUT2D eigenvalue weighted by Gasteiger charge is -2.34. The molecule has 0 spiro atoms. The molecule has 4 rings (SSSR count). The van der Waals surface area contributed by atoms with E-state index in [2.05, 4.69) is 49.6 Å². The van der Waals surface area contributed by atoms with Gasteiger partial charge in [-0.2, -0.15) is 0 Å². The first kappa shape index (κ1) is 16.0. The minimum Gasteiger partial charge on any atom is -0.424 e. The summed E-state index contributed by atoms with van der Waals surface area (Å²) in [7, 11) is 2.00. The molecule has 25 heavy (non-hydrogen) atoms. The van der Waals surface area contributed by atoms with Crippen LogP contribution in [-0.2, 0) is 33.0 Å². The van der Waals surface area contributed by atoms with Crippen molar-refractivity contribution < 1.29 is 4.42 Å². The van der Waals surface area contributed by atoms with Crippen molar-refractivity contribution in [3.8, 4) is 0 Å². The van der Waals surface area contributed by atoms with Crippen LogP contribution in [0.4, 0.5) is 0 Å². The zero-order valence-electron chi connectivity index (χ0n) is 14.8. The fourth-order valence-electron chi connectivity index (χ4n) is 3.30. The highest BCUT2D eigenvalue weighted by atomic mass is 16.4. The number of hydrogen-bond acceptors (Lipinski definition) is 6. The summed E-state index contributed by atoms with van der Waals surface area (Å²) in [6, 6.07) is 8.60. The molecule has 0 saturated carbocycles. The van der Waals surface area contributed by atoms with Gasteiger partial charge in [0.1, 0.15) is 11.6 Å². The summed E-state index contributed by atoms with van der Waals surface area (Å²) in [6.07, 6.45) is 1.61. The summed E-state index contributed by atoms with van der Waals surface area (Å²) < 4.78 is 7.91. The molecule has 7 heteroatoms. The van der Waals surface area contributed by atoms with Gasteiger partial charge < -0.3 is 8.98 Å². The fraction of sp³-hybridized carbons (Fsp3) is 0.444. The SMILES string of the molecule is CCc1nnc([C@@H]2Cc3ccccc3CN2Cc2nnc(C)n2C)o1. The minimum atomic E-state index is 0.0553. The van der Waals surface area contributed by atoms with E-state index in [1.807, 2.05) is 25.5 Å². The molecule has 7 nitrogen and oxygen atoms in total. The van der Waals surface area contributed by atoms with Gasteiger partial charge in [0.25, 0.3) is 0 Å². The van der Waals surface area contributed by atoms with Crippen molar-refractivity contribution in [2.45, 2.75) is 45.8 Å². The number of fused-ring (bicyclic) bond motifs is 1. The quantitative estimate of drug-likeness (QED) is 0.727. The molecule has 1 aromatic carbocycles. The van der Waals surface area contributed by atoms with E-state index in [-0.39, 0.29) is 6.04 Å². The minimum absolute atomic E-state index is 0.0553. The lowest BCUT2D eigenvalue weighted by molar-refractivity contribution is 0.132. The van der Waals surface area contributed by atoms with Crippen LogP contribution in [0.15, 0.2) is 28.7 Å². The molecule has 0 amide bonds. The number of rotatable bonds is 4. The van der Waals surface area contributed by atoms with Crippen LogP contribution in [0.1, 0.15) is 47.5 Å². The molecule has 0 saturated heterocycles. The van der Waals surface area contributed by atoms with Gasteiger partial charge in [0.2, 0.25) is 11.8 Å². The molecule has 0 fully saturated rings. The van der Waals surface area contributed by atoms with Gasteiger partial charge in [-0.15, -0.1) is 20.4 Å². The Balaban J connectivity index is 1.68. The van der Waals surface area contributed by atoms with Crippen molar-refractivity contribution in [2.75, 3.05) is 0 Å². The van der Waals surface area contributed by atoms with Crippen molar-refractivity contribution in [3.63, 3.8) is 0 Å². The Morgan fingerprint density at radius 2 is 1.92 bits per heavy atom. The van der Waals surface area contributed by atoms with Gasteiger partial charge in [-0.05, 0) is 24.5 Å². The maximum Gasteiger partial charge on any atom is 0.233 e. The number of aryl methyl sites for hydroxylation is 2. The number of nitrogens with zero attached hydrogens (tertiary/aromatic N) is 6. The Morgan fingerprint density at radius 3 is 2.60 bits per heavy atom. The van der Waals surface area contributed by atoms with Crippen molar-refractivity contribution in [2.24, 2.45) is 7.05 Å². The van der Waals surface area contributed by atoms with Crippen LogP contribution in [-0.4, -0.2) is 29.9 Å². The van der Waals surface area contributed by atoms with Crippen LogP contribution in [0, 0.1) is 6.92 Å². The highest BCUT2D eigenvalue weighted by Gasteiger charge is 2.32. The van der Waals surface area contributed by atoms with Crippen LogP contribution in [0.2, 0.25) is 0 Å². The Hall–Kier alpha value is -2.54. The highest BCUT2D eigenvalue weighted by molar-refractivity contribution is 5.30. The second kappa shape index (κ2) is 6.40. The fourth-order valence-corrected chi connectivity index (χ4v) is 3.30. The monoisotopic (exact) mass is 338 g/mol. The average molecular weight is 338 g/mol. The Morgan fingerprint density at radius 1 is 1.12 bits per heavy atom. The molecule has 130 valence electrons.